The molecule has 1 aromatic rings. The number of aryl methyl sites for hydroxylation is 1. The Hall–Kier alpha value is -1.56. The summed E-state index contributed by atoms with van der Waals surface area (Å²) in [6, 6.07) is 6.67. The van der Waals surface area contributed by atoms with Gasteiger partial charge in [0.25, 0.3) is 0 Å². The van der Waals surface area contributed by atoms with Gasteiger partial charge in [-0.2, -0.15) is 13.2 Å². The molecule has 0 aliphatic carbocycles. The van der Waals surface area contributed by atoms with Crippen LogP contribution in [0.1, 0.15) is 37.4 Å². The van der Waals surface area contributed by atoms with Crippen molar-refractivity contribution < 1.29 is 23.1 Å². The molecule has 0 spiro atoms. The molecule has 0 bridgehead atoms. The zero-order chi connectivity index (χ0) is 16.0. The summed E-state index contributed by atoms with van der Waals surface area (Å²) in [6.07, 6.45) is -2.52. The molecule has 1 aromatic carbocycles. The molecule has 0 fully saturated rings. The average Bonchev–Trinajstić information content (AvgIpc) is 2.36. The molecule has 3 nitrogen and oxygen atoms in total. The SMILES string of the molecule is CCCc1ccc(C(C)N(CC(=O)O)CC(F)(F)F)cc1. The number of aliphatic carboxylic acids is 1. The summed E-state index contributed by atoms with van der Waals surface area (Å²) < 4.78 is 37.7. The van der Waals surface area contributed by atoms with E-state index in [9.17, 15) is 18.0 Å². The average molecular weight is 303 g/mol. The van der Waals surface area contributed by atoms with Crippen molar-refractivity contribution in [1.29, 1.82) is 0 Å². The van der Waals surface area contributed by atoms with Crippen LogP contribution in [0.15, 0.2) is 24.3 Å². The van der Waals surface area contributed by atoms with Crippen LogP contribution < -0.4 is 0 Å². The lowest BCUT2D eigenvalue weighted by Crippen LogP contribution is -2.39. The van der Waals surface area contributed by atoms with Gasteiger partial charge < -0.3 is 5.11 Å². The number of carboxylic acids is 1. The number of hydrogen-bond acceptors (Lipinski definition) is 2. The second-order valence-electron chi connectivity index (χ2n) is 5.08. The van der Waals surface area contributed by atoms with E-state index in [1.165, 1.54) is 0 Å². The van der Waals surface area contributed by atoms with E-state index in [0.29, 0.717) is 5.56 Å². The van der Waals surface area contributed by atoms with Gasteiger partial charge in [0.2, 0.25) is 0 Å². The Morgan fingerprint density at radius 1 is 1.29 bits per heavy atom. The highest BCUT2D eigenvalue weighted by Gasteiger charge is 2.34. The van der Waals surface area contributed by atoms with Crippen molar-refractivity contribution in [2.24, 2.45) is 0 Å². The highest BCUT2D eigenvalue weighted by Crippen LogP contribution is 2.25. The summed E-state index contributed by atoms with van der Waals surface area (Å²) >= 11 is 0. The molecule has 0 aliphatic heterocycles. The lowest BCUT2D eigenvalue weighted by Gasteiger charge is -2.28. The first-order valence-electron chi connectivity index (χ1n) is 6.84. The number of nitrogens with zero attached hydrogens (tertiary/aromatic N) is 1. The van der Waals surface area contributed by atoms with Gasteiger partial charge in [0.15, 0.2) is 0 Å². The third-order valence-electron chi connectivity index (χ3n) is 3.27. The molecular weight excluding hydrogens is 283 g/mol. The number of hydrogen-bond donors (Lipinski definition) is 1. The minimum absolute atomic E-state index is 0.613. The molecule has 1 rings (SSSR count). The van der Waals surface area contributed by atoms with Crippen LogP contribution >= 0.6 is 0 Å². The lowest BCUT2D eigenvalue weighted by atomic mass is 10.0. The fourth-order valence-corrected chi connectivity index (χ4v) is 2.20. The van der Waals surface area contributed by atoms with Crippen LogP contribution in [0, 0.1) is 0 Å². The minimum atomic E-state index is -4.42. The maximum Gasteiger partial charge on any atom is 0.401 e. The predicted octanol–water partition coefficient (Wildman–Crippen LogP) is 3.65. The standard InChI is InChI=1S/C15H20F3NO2/c1-3-4-12-5-7-13(8-6-12)11(2)19(9-14(20)21)10-15(16,17)18/h5-8,11H,3-4,9-10H2,1-2H3,(H,20,21). The Morgan fingerprint density at radius 2 is 1.86 bits per heavy atom. The van der Waals surface area contributed by atoms with Gasteiger partial charge in [0, 0.05) is 6.04 Å². The molecule has 0 radical (unpaired) electrons. The predicted molar refractivity (Wildman–Crippen MR) is 74.1 cm³/mol. The second-order valence-corrected chi connectivity index (χ2v) is 5.08. The third kappa shape index (κ3) is 6.16. The highest BCUT2D eigenvalue weighted by atomic mass is 19.4. The Labute approximate surface area is 122 Å². The Balaban J connectivity index is 2.87. The number of benzene rings is 1. The molecule has 1 N–H and O–H groups in total. The number of carboxylic acid groups (broad SMARTS) is 1. The van der Waals surface area contributed by atoms with Crippen molar-refractivity contribution in [2.75, 3.05) is 13.1 Å². The summed E-state index contributed by atoms with van der Waals surface area (Å²) in [4.78, 5) is 11.7. The van der Waals surface area contributed by atoms with E-state index in [-0.39, 0.29) is 0 Å². The smallest absolute Gasteiger partial charge is 0.401 e. The van der Waals surface area contributed by atoms with E-state index in [1.807, 2.05) is 12.1 Å². The minimum Gasteiger partial charge on any atom is -0.480 e. The third-order valence-corrected chi connectivity index (χ3v) is 3.27. The first kappa shape index (κ1) is 17.5. The maximum atomic E-state index is 12.6. The van der Waals surface area contributed by atoms with Gasteiger partial charge in [-0.25, -0.2) is 0 Å². The van der Waals surface area contributed by atoms with Gasteiger partial charge in [-0.05, 0) is 24.5 Å². The van der Waals surface area contributed by atoms with Crippen molar-refractivity contribution >= 4 is 5.97 Å². The van der Waals surface area contributed by atoms with E-state index < -0.39 is 31.3 Å². The van der Waals surface area contributed by atoms with Gasteiger partial charge in [-0.1, -0.05) is 37.6 Å². The maximum absolute atomic E-state index is 12.6. The molecule has 0 amide bonds. The highest BCUT2D eigenvalue weighted by molar-refractivity contribution is 5.69. The van der Waals surface area contributed by atoms with E-state index >= 15 is 0 Å². The second kappa shape index (κ2) is 7.45. The Morgan fingerprint density at radius 3 is 2.29 bits per heavy atom. The molecule has 118 valence electrons. The Kier molecular flexibility index (Phi) is 6.20. The fraction of sp³-hybridized carbons (Fsp3) is 0.533. The largest absolute Gasteiger partial charge is 0.480 e. The zero-order valence-corrected chi connectivity index (χ0v) is 12.2. The van der Waals surface area contributed by atoms with Crippen LogP contribution in [0.25, 0.3) is 0 Å². The monoisotopic (exact) mass is 303 g/mol. The van der Waals surface area contributed by atoms with Crippen molar-refractivity contribution in [3.63, 3.8) is 0 Å². The van der Waals surface area contributed by atoms with Crippen LogP contribution in [0.2, 0.25) is 0 Å². The van der Waals surface area contributed by atoms with Gasteiger partial charge in [0.05, 0.1) is 13.1 Å². The quantitative estimate of drug-likeness (QED) is 0.836. The summed E-state index contributed by atoms with van der Waals surface area (Å²) in [6.45, 7) is 1.76. The molecular formula is C15H20F3NO2. The first-order valence-corrected chi connectivity index (χ1v) is 6.84. The molecule has 0 heterocycles. The van der Waals surface area contributed by atoms with Crippen LogP contribution in [0.4, 0.5) is 13.2 Å². The molecule has 0 aliphatic rings. The van der Waals surface area contributed by atoms with Gasteiger partial charge in [0.1, 0.15) is 0 Å². The topological polar surface area (TPSA) is 40.5 Å². The molecule has 1 atom stereocenters. The zero-order valence-electron chi connectivity index (χ0n) is 12.2. The molecule has 0 aromatic heterocycles. The van der Waals surface area contributed by atoms with Gasteiger partial charge in [-0.3, -0.25) is 9.69 Å². The van der Waals surface area contributed by atoms with Crippen LogP contribution in [-0.4, -0.2) is 35.2 Å². The van der Waals surface area contributed by atoms with Gasteiger partial charge in [-0.15, -0.1) is 0 Å². The summed E-state index contributed by atoms with van der Waals surface area (Å²) in [5.74, 6) is -1.27. The fourth-order valence-electron chi connectivity index (χ4n) is 2.20. The molecule has 0 saturated carbocycles. The van der Waals surface area contributed by atoms with E-state index in [4.69, 9.17) is 5.11 Å². The molecule has 0 saturated heterocycles. The van der Waals surface area contributed by atoms with Crippen molar-refractivity contribution in [2.45, 2.75) is 38.9 Å². The van der Waals surface area contributed by atoms with E-state index in [2.05, 4.69) is 6.92 Å². The van der Waals surface area contributed by atoms with Crippen LogP contribution in [0.5, 0.6) is 0 Å². The van der Waals surface area contributed by atoms with E-state index in [0.717, 1.165) is 23.3 Å². The van der Waals surface area contributed by atoms with Crippen molar-refractivity contribution in [3.05, 3.63) is 35.4 Å². The lowest BCUT2D eigenvalue weighted by molar-refractivity contribution is -0.157. The van der Waals surface area contributed by atoms with Crippen LogP contribution in [0.3, 0.4) is 0 Å². The molecule has 21 heavy (non-hydrogen) atoms. The number of carbonyl (C=O) groups is 1. The number of halogens is 3. The van der Waals surface area contributed by atoms with Crippen molar-refractivity contribution in [3.8, 4) is 0 Å². The normalized spacial score (nSPS) is 13.4. The molecule has 6 heteroatoms. The van der Waals surface area contributed by atoms with Crippen LogP contribution in [-0.2, 0) is 11.2 Å². The van der Waals surface area contributed by atoms with Gasteiger partial charge >= 0.3 is 12.1 Å². The first-order chi connectivity index (χ1) is 9.73. The number of rotatable bonds is 7. The summed E-state index contributed by atoms with van der Waals surface area (Å²) in [7, 11) is 0. The summed E-state index contributed by atoms with van der Waals surface area (Å²) in [5.41, 5.74) is 1.80. The van der Waals surface area contributed by atoms with E-state index in [1.54, 1.807) is 19.1 Å². The molecule has 1 unspecified atom stereocenters. The number of alkyl halides is 3. The summed E-state index contributed by atoms with van der Waals surface area (Å²) in [5, 5.41) is 8.78. The Bertz CT molecular complexity index is 457. The van der Waals surface area contributed by atoms with Crippen molar-refractivity contribution in [1.82, 2.24) is 4.90 Å².